The van der Waals surface area contributed by atoms with Crippen molar-refractivity contribution in [2.75, 3.05) is 0 Å². The third-order valence-corrected chi connectivity index (χ3v) is 3.08. The predicted octanol–water partition coefficient (Wildman–Crippen LogP) is 3.48. The van der Waals surface area contributed by atoms with Gasteiger partial charge in [0, 0.05) is 12.4 Å². The first kappa shape index (κ1) is 12.5. The number of halogens is 1. The van der Waals surface area contributed by atoms with Crippen molar-refractivity contribution >= 4 is 23.2 Å². The zero-order valence-corrected chi connectivity index (χ0v) is 10.9. The van der Waals surface area contributed by atoms with Gasteiger partial charge in [-0.25, -0.2) is 9.78 Å². The second kappa shape index (κ2) is 4.86. The summed E-state index contributed by atoms with van der Waals surface area (Å²) in [6.45, 7) is 0. The molecule has 3 rings (SSSR count). The predicted molar refractivity (Wildman–Crippen MR) is 73.7 cm³/mol. The fourth-order valence-electron chi connectivity index (χ4n) is 1.83. The van der Waals surface area contributed by atoms with E-state index in [9.17, 15) is 4.79 Å². The molecule has 0 aliphatic carbocycles. The minimum absolute atomic E-state index is 0.114. The van der Waals surface area contributed by atoms with Gasteiger partial charge in [-0.05, 0) is 30.3 Å². The fraction of sp³-hybridized carbons (Fsp3) is 0. The number of imidazole rings is 1. The number of benzene rings is 1. The molecule has 0 amide bonds. The van der Waals surface area contributed by atoms with E-state index in [2.05, 4.69) is 4.98 Å². The number of aromatic nitrogens is 2. The molecule has 2 aromatic heterocycles. The maximum Gasteiger partial charge on any atom is 0.335 e. The summed E-state index contributed by atoms with van der Waals surface area (Å²) in [6, 6.07) is 9.77. The van der Waals surface area contributed by atoms with E-state index in [-0.39, 0.29) is 10.6 Å². The molecule has 0 unspecified atom stereocenters. The molecular formula is C14H9ClN2O3. The van der Waals surface area contributed by atoms with Gasteiger partial charge in [0.15, 0.2) is 0 Å². The van der Waals surface area contributed by atoms with E-state index in [1.165, 1.54) is 18.2 Å². The third-order valence-electron chi connectivity index (χ3n) is 2.78. The van der Waals surface area contributed by atoms with Crippen LogP contribution in [0.4, 0.5) is 0 Å². The summed E-state index contributed by atoms with van der Waals surface area (Å²) in [7, 11) is 0. The average Bonchev–Trinajstić information content (AvgIpc) is 2.90. The van der Waals surface area contributed by atoms with Gasteiger partial charge >= 0.3 is 5.97 Å². The molecule has 20 heavy (non-hydrogen) atoms. The van der Waals surface area contributed by atoms with E-state index in [1.807, 2.05) is 12.1 Å². The minimum atomic E-state index is -1.03. The molecule has 0 atom stereocenters. The van der Waals surface area contributed by atoms with Crippen molar-refractivity contribution in [2.24, 2.45) is 0 Å². The lowest BCUT2D eigenvalue weighted by Crippen LogP contribution is -1.97. The summed E-state index contributed by atoms with van der Waals surface area (Å²) in [5.41, 5.74) is 0.865. The number of hydrogen-bond donors (Lipinski definition) is 1. The van der Waals surface area contributed by atoms with Gasteiger partial charge in [-0.2, -0.15) is 0 Å². The lowest BCUT2D eigenvalue weighted by Gasteiger charge is -2.09. The van der Waals surface area contributed by atoms with Crippen molar-refractivity contribution in [1.29, 1.82) is 0 Å². The molecule has 0 spiro atoms. The molecule has 0 aliphatic rings. The number of rotatable bonds is 3. The smallest absolute Gasteiger partial charge is 0.335 e. The zero-order valence-electron chi connectivity index (χ0n) is 10.2. The first-order valence-corrected chi connectivity index (χ1v) is 6.16. The Balaban J connectivity index is 1.99. The van der Waals surface area contributed by atoms with Crippen LogP contribution in [0.5, 0.6) is 11.6 Å². The van der Waals surface area contributed by atoms with Crippen LogP contribution in [0, 0.1) is 0 Å². The number of pyridine rings is 1. The van der Waals surface area contributed by atoms with E-state index in [0.29, 0.717) is 11.6 Å². The van der Waals surface area contributed by atoms with Crippen LogP contribution in [0.1, 0.15) is 10.4 Å². The van der Waals surface area contributed by atoms with Crippen molar-refractivity contribution in [3.05, 3.63) is 59.4 Å². The zero-order chi connectivity index (χ0) is 14.1. The van der Waals surface area contributed by atoms with Crippen LogP contribution >= 0.6 is 11.6 Å². The van der Waals surface area contributed by atoms with Gasteiger partial charge in [0.1, 0.15) is 11.4 Å². The number of hydrogen-bond acceptors (Lipinski definition) is 3. The Kier molecular flexibility index (Phi) is 3.04. The maximum atomic E-state index is 10.9. The van der Waals surface area contributed by atoms with Crippen molar-refractivity contribution in [3.63, 3.8) is 0 Å². The highest BCUT2D eigenvalue weighted by molar-refractivity contribution is 6.32. The van der Waals surface area contributed by atoms with Gasteiger partial charge in [-0.1, -0.05) is 17.7 Å². The molecule has 1 aromatic carbocycles. The molecule has 2 heterocycles. The average molecular weight is 289 g/mol. The molecule has 3 aromatic rings. The highest BCUT2D eigenvalue weighted by atomic mass is 35.5. The summed E-state index contributed by atoms with van der Waals surface area (Å²) in [4.78, 5) is 15.0. The number of carboxylic acids is 1. The van der Waals surface area contributed by atoms with Crippen LogP contribution in [-0.4, -0.2) is 20.5 Å². The number of carboxylic acid groups (broad SMARTS) is 1. The molecule has 0 aliphatic heterocycles. The van der Waals surface area contributed by atoms with Crippen LogP contribution in [0.2, 0.25) is 5.02 Å². The summed E-state index contributed by atoms with van der Waals surface area (Å²) in [5.74, 6) is -0.0991. The van der Waals surface area contributed by atoms with Crippen molar-refractivity contribution < 1.29 is 14.6 Å². The van der Waals surface area contributed by atoms with Crippen LogP contribution < -0.4 is 4.74 Å². The maximum absolute atomic E-state index is 10.9. The first-order valence-electron chi connectivity index (χ1n) is 5.78. The topological polar surface area (TPSA) is 63.8 Å². The van der Waals surface area contributed by atoms with Gasteiger partial charge in [-0.3, -0.25) is 4.40 Å². The van der Waals surface area contributed by atoms with E-state index in [0.717, 1.165) is 5.65 Å². The van der Waals surface area contributed by atoms with Crippen LogP contribution in [-0.2, 0) is 0 Å². The molecule has 100 valence electrons. The van der Waals surface area contributed by atoms with Crippen LogP contribution in [0.15, 0.2) is 48.8 Å². The summed E-state index contributed by atoms with van der Waals surface area (Å²) in [6.07, 6.45) is 3.43. The molecule has 0 radical (unpaired) electrons. The first-order chi connectivity index (χ1) is 9.65. The van der Waals surface area contributed by atoms with Crippen LogP contribution in [0.25, 0.3) is 5.65 Å². The second-order valence-corrected chi connectivity index (χ2v) is 4.48. The Labute approximate surface area is 119 Å². The Morgan fingerprint density at radius 2 is 2.15 bits per heavy atom. The largest absolute Gasteiger partial charge is 0.478 e. The van der Waals surface area contributed by atoms with E-state index in [4.69, 9.17) is 21.4 Å². The van der Waals surface area contributed by atoms with Gasteiger partial charge in [-0.15, -0.1) is 0 Å². The van der Waals surface area contributed by atoms with E-state index in [1.54, 1.807) is 22.9 Å². The number of aromatic carboxylic acids is 1. The molecule has 1 N–H and O–H groups in total. The van der Waals surface area contributed by atoms with Gasteiger partial charge in [0.05, 0.1) is 10.6 Å². The Hall–Kier alpha value is -2.53. The standard InChI is InChI=1S/C14H9ClN2O3/c15-10-8-9(14(18)19)4-5-11(10)20-13-3-1-2-12-16-6-7-17(12)13/h1-8H,(H,18,19). The normalized spacial score (nSPS) is 10.7. The quantitative estimate of drug-likeness (QED) is 0.801. The Bertz CT molecular complexity index is 798. The van der Waals surface area contributed by atoms with Crippen molar-refractivity contribution in [2.45, 2.75) is 0 Å². The van der Waals surface area contributed by atoms with Gasteiger partial charge in [0.2, 0.25) is 5.88 Å². The summed E-state index contributed by atoms with van der Waals surface area (Å²) < 4.78 is 7.48. The highest BCUT2D eigenvalue weighted by Gasteiger charge is 2.10. The summed E-state index contributed by atoms with van der Waals surface area (Å²) >= 11 is 6.04. The Morgan fingerprint density at radius 3 is 2.90 bits per heavy atom. The molecule has 0 fully saturated rings. The fourth-order valence-corrected chi connectivity index (χ4v) is 2.05. The van der Waals surface area contributed by atoms with Gasteiger partial charge in [0.25, 0.3) is 0 Å². The molecule has 0 saturated carbocycles. The molecular weight excluding hydrogens is 280 g/mol. The van der Waals surface area contributed by atoms with Crippen molar-refractivity contribution in [1.82, 2.24) is 9.38 Å². The van der Waals surface area contributed by atoms with E-state index < -0.39 is 5.97 Å². The number of carbonyl (C=O) groups is 1. The highest BCUT2D eigenvalue weighted by Crippen LogP contribution is 2.30. The molecule has 5 nitrogen and oxygen atoms in total. The number of fused-ring (bicyclic) bond motifs is 1. The molecule has 6 heteroatoms. The molecule has 0 saturated heterocycles. The Morgan fingerprint density at radius 1 is 1.30 bits per heavy atom. The SMILES string of the molecule is O=C(O)c1ccc(Oc2cccc3nccn23)c(Cl)c1. The third kappa shape index (κ3) is 2.19. The number of nitrogens with zero attached hydrogens (tertiary/aromatic N) is 2. The summed E-state index contributed by atoms with van der Waals surface area (Å²) in [5, 5.41) is 9.13. The molecule has 0 bridgehead atoms. The van der Waals surface area contributed by atoms with E-state index >= 15 is 0 Å². The minimum Gasteiger partial charge on any atom is -0.478 e. The van der Waals surface area contributed by atoms with Crippen LogP contribution in [0.3, 0.4) is 0 Å². The van der Waals surface area contributed by atoms with Gasteiger partial charge < -0.3 is 9.84 Å². The lowest BCUT2D eigenvalue weighted by atomic mass is 10.2. The monoisotopic (exact) mass is 288 g/mol. The second-order valence-electron chi connectivity index (χ2n) is 4.07. The lowest BCUT2D eigenvalue weighted by molar-refractivity contribution is 0.0697. The van der Waals surface area contributed by atoms with Crippen molar-refractivity contribution in [3.8, 4) is 11.6 Å². The number of ether oxygens (including phenoxy) is 1.